The highest BCUT2D eigenvalue weighted by atomic mass is 19.1. The molecule has 0 amide bonds. The highest BCUT2D eigenvalue weighted by Crippen LogP contribution is 2.65. The molecule has 6 unspecified atom stereocenters. The van der Waals surface area contributed by atoms with Gasteiger partial charge in [0.15, 0.2) is 0 Å². The van der Waals surface area contributed by atoms with Crippen LogP contribution in [-0.2, 0) is 4.79 Å². The van der Waals surface area contributed by atoms with Gasteiger partial charge in [0.25, 0.3) is 0 Å². The Labute approximate surface area is 137 Å². The number of carbonyl (C=O) groups excluding carboxylic acids is 1. The molecule has 9 atom stereocenters. The lowest BCUT2D eigenvalue weighted by Gasteiger charge is -2.62. The Kier molecular flexibility index (Phi) is 3.49. The second-order valence-corrected chi connectivity index (χ2v) is 9.24. The van der Waals surface area contributed by atoms with E-state index < -0.39 is 23.8 Å². The van der Waals surface area contributed by atoms with Gasteiger partial charge in [-0.05, 0) is 67.6 Å². The zero-order chi connectivity index (χ0) is 16.6. The number of aliphatic hydroxyl groups excluding tert-OH is 2. The van der Waals surface area contributed by atoms with Crippen LogP contribution < -0.4 is 0 Å². The largest absolute Gasteiger partial charge is 0.393 e. The number of Topliss-reactive ketones (excluding diaryl/α,β-unsaturated/α-hetero) is 1. The summed E-state index contributed by atoms with van der Waals surface area (Å²) in [4.78, 5) is 12.4. The standard InChI is InChI=1S/C19H29FO3/c1-18-6-5-11(20)7-10(18)8-13(21)16-12-3-4-15(23)19(12,2)9-14(22)17(16)18/h10-14,16-17,21-22H,3-9H2,1-2H3/t10-,11-,12?,13?,14-,16?,17?,18?,19?/m1/s1. The zero-order valence-electron chi connectivity index (χ0n) is 14.2. The Morgan fingerprint density at radius 1 is 1.13 bits per heavy atom. The molecule has 4 aliphatic rings. The van der Waals surface area contributed by atoms with Crippen LogP contribution in [0.15, 0.2) is 0 Å². The highest BCUT2D eigenvalue weighted by molar-refractivity contribution is 5.87. The Morgan fingerprint density at radius 3 is 2.61 bits per heavy atom. The van der Waals surface area contributed by atoms with Gasteiger partial charge in [-0.2, -0.15) is 0 Å². The normalized spacial score (nSPS) is 59.2. The SMILES string of the molecule is CC12C[C@@H](O)C3C(C(O)C[C@H]4C[C@H](F)CCC34C)C1CCC2=O. The number of carbonyl (C=O) groups is 1. The van der Waals surface area contributed by atoms with E-state index in [1.54, 1.807) is 0 Å². The predicted molar refractivity (Wildman–Crippen MR) is 84.4 cm³/mol. The van der Waals surface area contributed by atoms with E-state index >= 15 is 0 Å². The van der Waals surface area contributed by atoms with E-state index in [9.17, 15) is 19.4 Å². The zero-order valence-corrected chi connectivity index (χ0v) is 14.2. The second kappa shape index (κ2) is 5.01. The summed E-state index contributed by atoms with van der Waals surface area (Å²) in [6, 6.07) is 0. The Morgan fingerprint density at radius 2 is 1.87 bits per heavy atom. The third-order valence-electron chi connectivity index (χ3n) is 8.27. The lowest BCUT2D eigenvalue weighted by molar-refractivity contribution is -0.204. The molecule has 0 saturated heterocycles. The molecular weight excluding hydrogens is 295 g/mol. The maximum absolute atomic E-state index is 13.9. The van der Waals surface area contributed by atoms with E-state index in [-0.39, 0.29) is 34.9 Å². The number of rotatable bonds is 0. The highest BCUT2D eigenvalue weighted by Gasteiger charge is 2.65. The fourth-order valence-electron chi connectivity index (χ4n) is 7.06. The van der Waals surface area contributed by atoms with Gasteiger partial charge >= 0.3 is 0 Å². The smallest absolute Gasteiger partial charge is 0.139 e. The first-order valence-electron chi connectivity index (χ1n) is 9.31. The van der Waals surface area contributed by atoms with Gasteiger partial charge < -0.3 is 10.2 Å². The molecule has 3 nitrogen and oxygen atoms in total. The minimum atomic E-state index is -0.768. The first-order valence-corrected chi connectivity index (χ1v) is 9.31. The summed E-state index contributed by atoms with van der Waals surface area (Å²) < 4.78 is 13.9. The Hall–Kier alpha value is -0.480. The van der Waals surface area contributed by atoms with E-state index in [4.69, 9.17) is 0 Å². The molecule has 0 aromatic heterocycles. The number of aliphatic hydroxyl groups is 2. The number of halogens is 1. The number of hydrogen-bond donors (Lipinski definition) is 2. The van der Waals surface area contributed by atoms with Crippen LogP contribution in [0.25, 0.3) is 0 Å². The van der Waals surface area contributed by atoms with Crippen LogP contribution >= 0.6 is 0 Å². The lowest BCUT2D eigenvalue weighted by atomic mass is 9.44. The van der Waals surface area contributed by atoms with Crippen LogP contribution in [-0.4, -0.2) is 34.4 Å². The summed E-state index contributed by atoms with van der Waals surface area (Å²) in [6.45, 7) is 4.20. The third kappa shape index (κ3) is 2.03. The molecule has 0 aliphatic heterocycles. The third-order valence-corrected chi connectivity index (χ3v) is 8.27. The van der Waals surface area contributed by atoms with Crippen molar-refractivity contribution >= 4 is 5.78 Å². The van der Waals surface area contributed by atoms with Crippen molar-refractivity contribution in [3.63, 3.8) is 0 Å². The average molecular weight is 324 g/mol. The fourth-order valence-corrected chi connectivity index (χ4v) is 7.06. The summed E-state index contributed by atoms with van der Waals surface area (Å²) in [7, 11) is 0. The first-order chi connectivity index (χ1) is 10.8. The molecule has 0 heterocycles. The quantitative estimate of drug-likeness (QED) is 0.720. The van der Waals surface area contributed by atoms with Crippen LogP contribution in [0.5, 0.6) is 0 Å². The molecule has 4 rings (SSSR count). The van der Waals surface area contributed by atoms with Crippen LogP contribution in [0.4, 0.5) is 4.39 Å². The van der Waals surface area contributed by atoms with Gasteiger partial charge in [0.05, 0.1) is 12.2 Å². The molecule has 23 heavy (non-hydrogen) atoms. The Bertz CT molecular complexity index is 523. The molecule has 2 N–H and O–H groups in total. The maximum atomic E-state index is 13.9. The molecule has 0 radical (unpaired) electrons. The van der Waals surface area contributed by atoms with Crippen LogP contribution in [0.1, 0.15) is 58.8 Å². The molecule has 4 fully saturated rings. The van der Waals surface area contributed by atoms with Gasteiger partial charge in [-0.15, -0.1) is 0 Å². The topological polar surface area (TPSA) is 57.5 Å². The van der Waals surface area contributed by atoms with Crippen LogP contribution in [0, 0.1) is 34.5 Å². The first kappa shape index (κ1) is 16.0. The van der Waals surface area contributed by atoms with Crippen molar-refractivity contribution in [1.29, 1.82) is 0 Å². The van der Waals surface area contributed by atoms with Crippen molar-refractivity contribution < 1.29 is 19.4 Å². The number of alkyl halides is 1. The van der Waals surface area contributed by atoms with Crippen molar-refractivity contribution in [2.75, 3.05) is 0 Å². The molecule has 4 aliphatic carbocycles. The van der Waals surface area contributed by atoms with Crippen molar-refractivity contribution in [1.82, 2.24) is 0 Å². The van der Waals surface area contributed by atoms with E-state index in [1.165, 1.54) is 0 Å². The second-order valence-electron chi connectivity index (χ2n) is 9.24. The monoisotopic (exact) mass is 324 g/mol. The van der Waals surface area contributed by atoms with Gasteiger partial charge in [-0.1, -0.05) is 13.8 Å². The summed E-state index contributed by atoms with van der Waals surface area (Å²) in [5.41, 5.74) is -0.569. The van der Waals surface area contributed by atoms with E-state index in [1.807, 2.05) is 6.92 Å². The Balaban J connectivity index is 1.74. The summed E-state index contributed by atoms with van der Waals surface area (Å²) in [5, 5.41) is 21.8. The molecule has 4 heteroatoms. The van der Waals surface area contributed by atoms with E-state index in [2.05, 4.69) is 6.92 Å². The van der Waals surface area contributed by atoms with E-state index in [0.717, 1.165) is 12.8 Å². The molecular formula is C19H29FO3. The molecule has 130 valence electrons. The van der Waals surface area contributed by atoms with Crippen LogP contribution in [0.3, 0.4) is 0 Å². The van der Waals surface area contributed by atoms with Crippen molar-refractivity contribution in [3.05, 3.63) is 0 Å². The minimum absolute atomic E-state index is 0.00684. The van der Waals surface area contributed by atoms with Gasteiger partial charge in [-0.25, -0.2) is 4.39 Å². The molecule has 0 aromatic carbocycles. The number of hydrogen-bond acceptors (Lipinski definition) is 3. The summed E-state index contributed by atoms with van der Waals surface area (Å²) >= 11 is 0. The lowest BCUT2D eigenvalue weighted by Crippen LogP contribution is -2.62. The van der Waals surface area contributed by atoms with Gasteiger partial charge in [0.1, 0.15) is 12.0 Å². The number of fused-ring (bicyclic) bond motifs is 5. The summed E-state index contributed by atoms with van der Waals surface area (Å²) in [6.07, 6.45) is 2.62. The maximum Gasteiger partial charge on any atom is 0.139 e. The van der Waals surface area contributed by atoms with Crippen molar-refractivity contribution in [2.24, 2.45) is 34.5 Å². The molecule has 0 aromatic rings. The van der Waals surface area contributed by atoms with E-state index in [0.29, 0.717) is 32.1 Å². The average Bonchev–Trinajstić information content (AvgIpc) is 2.76. The molecule has 4 saturated carbocycles. The van der Waals surface area contributed by atoms with Crippen molar-refractivity contribution in [2.45, 2.75) is 77.2 Å². The minimum Gasteiger partial charge on any atom is -0.393 e. The summed E-state index contributed by atoms with van der Waals surface area (Å²) in [5.74, 6) is 0.588. The molecule has 0 spiro atoms. The number of ketones is 1. The predicted octanol–water partition coefficient (Wildman–Crippen LogP) is 2.88. The van der Waals surface area contributed by atoms with Crippen LogP contribution in [0.2, 0.25) is 0 Å². The fraction of sp³-hybridized carbons (Fsp3) is 0.947. The van der Waals surface area contributed by atoms with Gasteiger partial charge in [0, 0.05) is 11.8 Å². The van der Waals surface area contributed by atoms with Gasteiger partial charge in [-0.3, -0.25) is 4.79 Å². The van der Waals surface area contributed by atoms with Gasteiger partial charge in [0.2, 0.25) is 0 Å². The van der Waals surface area contributed by atoms with Crippen molar-refractivity contribution in [3.8, 4) is 0 Å². The molecule has 0 bridgehead atoms.